The Bertz CT molecular complexity index is 1130. The van der Waals surface area contributed by atoms with Crippen LogP contribution < -0.4 is 15.2 Å². The predicted molar refractivity (Wildman–Crippen MR) is 119 cm³/mol. The van der Waals surface area contributed by atoms with Crippen LogP contribution in [0.4, 0.5) is 0 Å². The van der Waals surface area contributed by atoms with Gasteiger partial charge in [-0.2, -0.15) is 0 Å². The number of likely N-dealkylation sites (N-methyl/N-ethyl adjacent to an activating group) is 1. The average Bonchev–Trinajstić information content (AvgIpc) is 3.03. The number of carbonyl (C=O) groups is 1. The summed E-state index contributed by atoms with van der Waals surface area (Å²) >= 11 is 0. The van der Waals surface area contributed by atoms with Gasteiger partial charge in [-0.15, -0.1) is 0 Å². The monoisotopic (exact) mass is 443 g/mol. The second-order valence-corrected chi connectivity index (χ2v) is 10.5. The van der Waals surface area contributed by atoms with Crippen molar-refractivity contribution >= 4 is 15.9 Å². The van der Waals surface area contributed by atoms with Crippen LogP contribution in [0.25, 0.3) is 0 Å². The molecule has 3 N–H and O–H groups in total. The van der Waals surface area contributed by atoms with Crippen molar-refractivity contribution in [3.05, 3.63) is 58.7 Å². The molecule has 2 heterocycles. The van der Waals surface area contributed by atoms with Gasteiger partial charge in [-0.25, -0.2) is 13.6 Å². The van der Waals surface area contributed by atoms with Gasteiger partial charge in [0.25, 0.3) is 5.91 Å². The Kier molecular flexibility index (Phi) is 5.57. The molecule has 31 heavy (non-hydrogen) atoms. The third kappa shape index (κ3) is 4.46. The number of nitrogens with one attached hydrogen (secondary N) is 1. The number of hydrogen-bond acceptors (Lipinski definition) is 5. The van der Waals surface area contributed by atoms with Crippen molar-refractivity contribution < 1.29 is 17.9 Å². The van der Waals surface area contributed by atoms with Crippen LogP contribution in [0, 0.1) is 0 Å². The van der Waals surface area contributed by atoms with Crippen LogP contribution in [-0.2, 0) is 29.4 Å². The van der Waals surface area contributed by atoms with Gasteiger partial charge in [0.15, 0.2) is 0 Å². The van der Waals surface area contributed by atoms with E-state index in [2.05, 4.69) is 35.3 Å². The van der Waals surface area contributed by atoms with E-state index in [1.807, 2.05) is 19.9 Å². The summed E-state index contributed by atoms with van der Waals surface area (Å²) in [5, 5.41) is 8.36. The van der Waals surface area contributed by atoms with Crippen LogP contribution in [0.15, 0.2) is 41.3 Å². The summed E-state index contributed by atoms with van der Waals surface area (Å²) < 4.78 is 29.9. The first kappa shape index (κ1) is 21.8. The zero-order chi connectivity index (χ0) is 22.4. The summed E-state index contributed by atoms with van der Waals surface area (Å²) in [4.78, 5) is 15.4. The van der Waals surface area contributed by atoms with Crippen LogP contribution in [0.5, 0.6) is 5.75 Å². The smallest absolute Gasteiger partial charge is 0.255 e. The molecule has 2 aliphatic heterocycles. The summed E-state index contributed by atoms with van der Waals surface area (Å²) in [5.74, 6) is 0.0885. The number of hydrogen-bond donors (Lipinski definition) is 2. The van der Waals surface area contributed by atoms with Crippen LogP contribution in [0.2, 0.25) is 0 Å². The standard InChI is InChI=1S/C23H29N3O4S/c1-4-26-14-16-8-6-5-7-15(16)9-18(26)13-25-22(27)20-11-19(31(24,28)29)10-17-12-23(2,3)30-21(17)20/h5-8,10-11,18H,4,9,12-14H2,1-3H3,(H,25,27)(H2,24,28,29)/t18-/m1/s1. The number of carbonyl (C=O) groups excluding carboxylic acids is 1. The van der Waals surface area contributed by atoms with Gasteiger partial charge >= 0.3 is 0 Å². The minimum Gasteiger partial charge on any atom is -0.486 e. The zero-order valence-corrected chi connectivity index (χ0v) is 19.0. The lowest BCUT2D eigenvalue weighted by atomic mass is 9.94. The fourth-order valence-electron chi connectivity index (χ4n) is 4.53. The van der Waals surface area contributed by atoms with Crippen LogP contribution in [0.3, 0.4) is 0 Å². The van der Waals surface area contributed by atoms with Gasteiger partial charge in [-0.1, -0.05) is 31.2 Å². The lowest BCUT2D eigenvalue weighted by Gasteiger charge is -2.36. The number of ether oxygens (including phenoxy) is 1. The fourth-order valence-corrected chi connectivity index (χ4v) is 5.12. The molecule has 0 aromatic heterocycles. The lowest BCUT2D eigenvalue weighted by molar-refractivity contribution is 0.0914. The Balaban J connectivity index is 1.57. The van der Waals surface area contributed by atoms with E-state index in [1.165, 1.54) is 23.3 Å². The van der Waals surface area contributed by atoms with E-state index in [-0.39, 0.29) is 22.4 Å². The number of nitrogens with zero attached hydrogens (tertiary/aromatic N) is 1. The zero-order valence-electron chi connectivity index (χ0n) is 18.1. The Morgan fingerprint density at radius 1 is 1.23 bits per heavy atom. The molecule has 1 amide bonds. The van der Waals surface area contributed by atoms with Crippen molar-refractivity contribution in [2.45, 2.75) is 56.7 Å². The molecule has 166 valence electrons. The third-order valence-corrected chi connectivity index (χ3v) is 6.97. The molecule has 0 saturated carbocycles. The normalized spacial score (nSPS) is 19.9. The molecular weight excluding hydrogens is 414 g/mol. The molecule has 2 aliphatic rings. The molecule has 0 bridgehead atoms. The van der Waals surface area contributed by atoms with E-state index in [4.69, 9.17) is 9.88 Å². The number of sulfonamides is 1. The summed E-state index contributed by atoms with van der Waals surface area (Å²) in [6, 6.07) is 11.4. The van der Waals surface area contributed by atoms with Crippen molar-refractivity contribution in [3.8, 4) is 5.75 Å². The first-order valence-electron chi connectivity index (χ1n) is 10.5. The van der Waals surface area contributed by atoms with Gasteiger partial charge in [0, 0.05) is 31.1 Å². The van der Waals surface area contributed by atoms with Crippen molar-refractivity contribution in [1.29, 1.82) is 0 Å². The largest absolute Gasteiger partial charge is 0.486 e. The number of primary sulfonamides is 1. The second-order valence-electron chi connectivity index (χ2n) is 8.94. The molecule has 0 aliphatic carbocycles. The first-order chi connectivity index (χ1) is 14.6. The molecule has 1 atom stereocenters. The van der Waals surface area contributed by atoms with E-state index in [0.29, 0.717) is 24.3 Å². The second kappa shape index (κ2) is 7.93. The summed E-state index contributed by atoms with van der Waals surface area (Å²) in [7, 11) is -3.94. The molecule has 4 rings (SSSR count). The number of fused-ring (bicyclic) bond motifs is 2. The van der Waals surface area contributed by atoms with Crippen LogP contribution in [0.1, 0.15) is 47.8 Å². The Labute approximate surface area is 183 Å². The molecule has 2 aromatic carbocycles. The molecule has 8 heteroatoms. The number of benzene rings is 2. The van der Waals surface area contributed by atoms with Crippen LogP contribution in [-0.4, -0.2) is 44.0 Å². The SMILES string of the molecule is CCN1Cc2ccccc2C[C@@H]1CNC(=O)c1cc(S(N)(=O)=O)cc2c1OC(C)(C)C2. The highest BCUT2D eigenvalue weighted by molar-refractivity contribution is 7.89. The van der Waals surface area contributed by atoms with Crippen molar-refractivity contribution in [2.75, 3.05) is 13.1 Å². The maximum Gasteiger partial charge on any atom is 0.255 e. The quantitative estimate of drug-likeness (QED) is 0.738. The fraction of sp³-hybridized carbons (Fsp3) is 0.435. The number of nitrogens with two attached hydrogens (primary N) is 1. The van der Waals surface area contributed by atoms with Gasteiger partial charge in [0.05, 0.1) is 10.5 Å². The van der Waals surface area contributed by atoms with Gasteiger partial charge in [-0.05, 0) is 50.1 Å². The summed E-state index contributed by atoms with van der Waals surface area (Å²) in [6.45, 7) is 8.11. The lowest BCUT2D eigenvalue weighted by Crippen LogP contribution is -2.47. The minimum atomic E-state index is -3.94. The molecule has 7 nitrogen and oxygen atoms in total. The average molecular weight is 444 g/mol. The van der Waals surface area contributed by atoms with Crippen molar-refractivity contribution in [1.82, 2.24) is 10.2 Å². The Morgan fingerprint density at radius 3 is 2.61 bits per heavy atom. The number of rotatable bonds is 5. The van der Waals surface area contributed by atoms with E-state index in [9.17, 15) is 13.2 Å². The molecule has 0 fully saturated rings. The molecule has 0 saturated heterocycles. The maximum absolute atomic E-state index is 13.1. The van der Waals surface area contributed by atoms with E-state index < -0.39 is 15.6 Å². The highest BCUT2D eigenvalue weighted by Crippen LogP contribution is 2.39. The first-order valence-corrected chi connectivity index (χ1v) is 12.1. The highest BCUT2D eigenvalue weighted by atomic mass is 32.2. The van der Waals surface area contributed by atoms with Crippen molar-refractivity contribution in [3.63, 3.8) is 0 Å². The Morgan fingerprint density at radius 2 is 1.94 bits per heavy atom. The van der Waals surface area contributed by atoms with E-state index in [1.54, 1.807) is 0 Å². The molecule has 0 unspecified atom stereocenters. The van der Waals surface area contributed by atoms with Crippen molar-refractivity contribution in [2.24, 2.45) is 5.14 Å². The number of amides is 1. The topological polar surface area (TPSA) is 102 Å². The molecule has 0 spiro atoms. The highest BCUT2D eigenvalue weighted by Gasteiger charge is 2.35. The van der Waals surface area contributed by atoms with Crippen LogP contribution >= 0.6 is 0 Å². The molecule has 2 aromatic rings. The maximum atomic E-state index is 13.1. The van der Waals surface area contributed by atoms with E-state index in [0.717, 1.165) is 19.5 Å². The van der Waals surface area contributed by atoms with Gasteiger partial charge in [0.2, 0.25) is 10.0 Å². The van der Waals surface area contributed by atoms with Gasteiger partial charge in [-0.3, -0.25) is 9.69 Å². The molecule has 0 radical (unpaired) electrons. The molecular formula is C23H29N3O4S. The van der Waals surface area contributed by atoms with Gasteiger partial charge < -0.3 is 10.1 Å². The van der Waals surface area contributed by atoms with E-state index >= 15 is 0 Å². The Hall–Kier alpha value is -2.42. The summed E-state index contributed by atoms with van der Waals surface area (Å²) in [5.41, 5.74) is 3.00. The predicted octanol–water partition coefficient (Wildman–Crippen LogP) is 2.22. The third-order valence-electron chi connectivity index (χ3n) is 6.08. The summed E-state index contributed by atoms with van der Waals surface area (Å²) in [6.07, 6.45) is 1.36. The minimum absolute atomic E-state index is 0.0699. The van der Waals surface area contributed by atoms with Gasteiger partial charge in [0.1, 0.15) is 11.4 Å².